The van der Waals surface area contributed by atoms with E-state index in [0.29, 0.717) is 23.9 Å². The van der Waals surface area contributed by atoms with Crippen molar-refractivity contribution >= 4 is 15.9 Å². The molecule has 1 aromatic heterocycles. The molecule has 0 aliphatic rings. The predicted octanol–water partition coefficient (Wildman–Crippen LogP) is 4.35. The molecular weight excluding hydrogens is 297 g/mol. The van der Waals surface area contributed by atoms with Gasteiger partial charge in [-0.15, -0.1) is 0 Å². The van der Waals surface area contributed by atoms with Crippen molar-refractivity contribution in [3.8, 4) is 11.3 Å². The standard InChI is InChI=1S/C14H15BrFNO/c1-9(2)17-8-10-3-4-11(13(16)7-10)14-12(15)5-6-18-14/h3-7,9,17H,8H2,1-2H3. The Balaban J connectivity index is 2.23. The van der Waals surface area contributed by atoms with Crippen molar-refractivity contribution < 1.29 is 8.81 Å². The van der Waals surface area contributed by atoms with Gasteiger partial charge in [0.05, 0.1) is 16.3 Å². The summed E-state index contributed by atoms with van der Waals surface area (Å²) in [6.07, 6.45) is 1.53. The van der Waals surface area contributed by atoms with E-state index in [-0.39, 0.29) is 5.82 Å². The van der Waals surface area contributed by atoms with Gasteiger partial charge in [-0.2, -0.15) is 0 Å². The fourth-order valence-corrected chi connectivity index (χ4v) is 2.08. The van der Waals surface area contributed by atoms with Gasteiger partial charge in [-0.3, -0.25) is 0 Å². The van der Waals surface area contributed by atoms with Crippen LogP contribution in [0.25, 0.3) is 11.3 Å². The molecule has 18 heavy (non-hydrogen) atoms. The highest BCUT2D eigenvalue weighted by atomic mass is 79.9. The van der Waals surface area contributed by atoms with Crippen LogP contribution in [-0.4, -0.2) is 6.04 Å². The number of nitrogens with one attached hydrogen (secondary N) is 1. The highest BCUT2D eigenvalue weighted by molar-refractivity contribution is 9.10. The van der Waals surface area contributed by atoms with Gasteiger partial charge in [0.1, 0.15) is 5.82 Å². The third kappa shape index (κ3) is 3.00. The lowest BCUT2D eigenvalue weighted by molar-refractivity contribution is 0.564. The van der Waals surface area contributed by atoms with E-state index in [2.05, 4.69) is 35.1 Å². The van der Waals surface area contributed by atoms with E-state index in [9.17, 15) is 4.39 Å². The lowest BCUT2D eigenvalue weighted by atomic mass is 10.1. The van der Waals surface area contributed by atoms with E-state index in [1.165, 1.54) is 6.26 Å². The molecule has 0 aliphatic carbocycles. The molecule has 0 unspecified atom stereocenters. The first kappa shape index (κ1) is 13.3. The second-order valence-electron chi connectivity index (χ2n) is 4.45. The van der Waals surface area contributed by atoms with Crippen LogP contribution in [0.5, 0.6) is 0 Å². The van der Waals surface area contributed by atoms with Crippen LogP contribution < -0.4 is 5.32 Å². The molecule has 96 valence electrons. The molecule has 2 aromatic rings. The van der Waals surface area contributed by atoms with Crippen LogP contribution in [0, 0.1) is 5.82 Å². The first-order chi connectivity index (χ1) is 8.58. The Labute approximate surface area is 114 Å². The van der Waals surface area contributed by atoms with Crippen molar-refractivity contribution in [2.45, 2.75) is 26.4 Å². The monoisotopic (exact) mass is 311 g/mol. The summed E-state index contributed by atoms with van der Waals surface area (Å²) in [6, 6.07) is 7.33. The van der Waals surface area contributed by atoms with E-state index < -0.39 is 0 Å². The lowest BCUT2D eigenvalue weighted by Crippen LogP contribution is -2.21. The quantitative estimate of drug-likeness (QED) is 0.908. The maximum absolute atomic E-state index is 14.0. The Morgan fingerprint density at radius 3 is 2.67 bits per heavy atom. The van der Waals surface area contributed by atoms with Crippen molar-refractivity contribution in [3.63, 3.8) is 0 Å². The predicted molar refractivity (Wildman–Crippen MR) is 73.8 cm³/mol. The van der Waals surface area contributed by atoms with Crippen molar-refractivity contribution in [3.05, 3.63) is 46.4 Å². The highest BCUT2D eigenvalue weighted by Crippen LogP contribution is 2.31. The molecule has 0 fully saturated rings. The Bertz CT molecular complexity index is 536. The van der Waals surface area contributed by atoms with Crippen LogP contribution in [-0.2, 0) is 6.54 Å². The summed E-state index contributed by atoms with van der Waals surface area (Å²) in [5.41, 5.74) is 1.40. The van der Waals surface area contributed by atoms with Crippen molar-refractivity contribution in [1.29, 1.82) is 0 Å². The molecule has 2 rings (SSSR count). The summed E-state index contributed by atoms with van der Waals surface area (Å²) in [6.45, 7) is 4.78. The van der Waals surface area contributed by atoms with Crippen LogP contribution in [0.4, 0.5) is 4.39 Å². The summed E-state index contributed by atoms with van der Waals surface area (Å²) in [7, 11) is 0. The van der Waals surface area contributed by atoms with Crippen LogP contribution in [0.1, 0.15) is 19.4 Å². The third-order valence-electron chi connectivity index (χ3n) is 2.61. The molecule has 0 spiro atoms. The molecule has 1 heterocycles. The van der Waals surface area contributed by atoms with Crippen molar-refractivity contribution in [2.24, 2.45) is 0 Å². The number of furan rings is 1. The Morgan fingerprint density at radius 1 is 1.33 bits per heavy atom. The maximum atomic E-state index is 14.0. The normalized spacial score (nSPS) is 11.2. The summed E-state index contributed by atoms with van der Waals surface area (Å²) < 4.78 is 20.0. The number of benzene rings is 1. The van der Waals surface area contributed by atoms with Gasteiger partial charge in [-0.1, -0.05) is 19.9 Å². The molecule has 2 nitrogen and oxygen atoms in total. The van der Waals surface area contributed by atoms with Crippen LogP contribution in [0.2, 0.25) is 0 Å². The van der Waals surface area contributed by atoms with E-state index in [0.717, 1.165) is 10.0 Å². The highest BCUT2D eigenvalue weighted by Gasteiger charge is 2.12. The van der Waals surface area contributed by atoms with Gasteiger partial charge in [0.25, 0.3) is 0 Å². The molecule has 0 bridgehead atoms. The molecule has 4 heteroatoms. The van der Waals surface area contributed by atoms with E-state index in [1.807, 2.05) is 6.07 Å². The first-order valence-corrected chi connectivity index (χ1v) is 6.62. The molecule has 0 amide bonds. The Morgan fingerprint density at radius 2 is 2.11 bits per heavy atom. The summed E-state index contributed by atoms with van der Waals surface area (Å²) >= 11 is 3.33. The number of hydrogen-bond donors (Lipinski definition) is 1. The molecular formula is C14H15BrFNO. The van der Waals surface area contributed by atoms with Gasteiger partial charge in [-0.25, -0.2) is 4.39 Å². The van der Waals surface area contributed by atoms with E-state index in [1.54, 1.807) is 18.2 Å². The van der Waals surface area contributed by atoms with E-state index >= 15 is 0 Å². The molecule has 0 aliphatic heterocycles. The Kier molecular flexibility index (Phi) is 4.19. The minimum Gasteiger partial charge on any atom is -0.463 e. The van der Waals surface area contributed by atoms with Gasteiger partial charge in [0, 0.05) is 12.6 Å². The molecule has 0 radical (unpaired) electrons. The number of rotatable bonds is 4. The van der Waals surface area contributed by atoms with Gasteiger partial charge in [0.2, 0.25) is 0 Å². The SMILES string of the molecule is CC(C)NCc1ccc(-c2occc2Br)c(F)c1. The van der Waals surface area contributed by atoms with Gasteiger partial charge >= 0.3 is 0 Å². The van der Waals surface area contributed by atoms with E-state index in [4.69, 9.17) is 4.42 Å². The van der Waals surface area contributed by atoms with Gasteiger partial charge in [0.15, 0.2) is 5.76 Å². The summed E-state index contributed by atoms with van der Waals surface area (Å²) in [5, 5.41) is 3.26. The topological polar surface area (TPSA) is 25.2 Å². The largest absolute Gasteiger partial charge is 0.463 e. The molecule has 1 aromatic carbocycles. The van der Waals surface area contributed by atoms with Crippen molar-refractivity contribution in [2.75, 3.05) is 0 Å². The average molecular weight is 312 g/mol. The zero-order chi connectivity index (χ0) is 13.1. The fraction of sp³-hybridized carbons (Fsp3) is 0.286. The van der Waals surface area contributed by atoms with Gasteiger partial charge < -0.3 is 9.73 Å². The fourth-order valence-electron chi connectivity index (χ4n) is 1.66. The third-order valence-corrected chi connectivity index (χ3v) is 3.23. The molecule has 0 saturated heterocycles. The second kappa shape index (κ2) is 5.67. The summed E-state index contributed by atoms with van der Waals surface area (Å²) in [5.74, 6) is 0.254. The average Bonchev–Trinajstić information content (AvgIpc) is 2.73. The van der Waals surface area contributed by atoms with Crippen LogP contribution >= 0.6 is 15.9 Å². The summed E-state index contributed by atoms with van der Waals surface area (Å²) in [4.78, 5) is 0. The first-order valence-electron chi connectivity index (χ1n) is 5.83. The van der Waals surface area contributed by atoms with Crippen LogP contribution in [0.3, 0.4) is 0 Å². The molecule has 0 saturated carbocycles. The molecule has 1 N–H and O–H groups in total. The van der Waals surface area contributed by atoms with Crippen LogP contribution in [0.15, 0.2) is 39.4 Å². The van der Waals surface area contributed by atoms with Crippen molar-refractivity contribution in [1.82, 2.24) is 5.32 Å². The maximum Gasteiger partial charge on any atom is 0.150 e. The van der Waals surface area contributed by atoms with Gasteiger partial charge in [-0.05, 0) is 39.7 Å². The zero-order valence-electron chi connectivity index (χ0n) is 10.3. The zero-order valence-corrected chi connectivity index (χ0v) is 11.9. The smallest absolute Gasteiger partial charge is 0.150 e. The lowest BCUT2D eigenvalue weighted by Gasteiger charge is -2.09. The number of halogens is 2. The Hall–Kier alpha value is -1.13. The second-order valence-corrected chi connectivity index (χ2v) is 5.30. The minimum atomic E-state index is -0.270. The molecule has 0 atom stereocenters. The number of hydrogen-bond acceptors (Lipinski definition) is 2. The minimum absolute atomic E-state index is 0.270.